The van der Waals surface area contributed by atoms with Crippen molar-refractivity contribution in [3.05, 3.63) is 27.7 Å². The van der Waals surface area contributed by atoms with Crippen LogP contribution < -0.4 is 5.32 Å². The number of carbonyl (C=O) groups excluding carboxylic acids is 2. The van der Waals surface area contributed by atoms with E-state index in [1.165, 1.54) is 12.1 Å². The van der Waals surface area contributed by atoms with Crippen LogP contribution in [0.4, 0.5) is 5.69 Å². The summed E-state index contributed by atoms with van der Waals surface area (Å²) < 4.78 is 0.386. The highest BCUT2D eigenvalue weighted by atomic mass is 79.9. The number of benzene rings is 1. The van der Waals surface area contributed by atoms with Crippen LogP contribution in [0.5, 0.6) is 0 Å². The number of ketones is 1. The van der Waals surface area contributed by atoms with E-state index in [0.717, 1.165) is 0 Å². The van der Waals surface area contributed by atoms with Crippen molar-refractivity contribution in [2.75, 3.05) is 5.32 Å². The molecule has 1 aromatic rings. The first-order chi connectivity index (χ1) is 7.00. The Hall–Kier alpha value is -1.69. The Morgan fingerprint density at radius 2 is 2.00 bits per heavy atom. The van der Waals surface area contributed by atoms with Gasteiger partial charge in [0.25, 0.3) is 11.7 Å². The Morgan fingerprint density at radius 1 is 1.33 bits per heavy atom. The summed E-state index contributed by atoms with van der Waals surface area (Å²) in [6, 6.07) is 2.52. The number of carbonyl (C=O) groups is 3. The van der Waals surface area contributed by atoms with Crippen LogP contribution in [0.2, 0.25) is 0 Å². The number of Topliss-reactive ketones (excluding diaryl/α,β-unsaturated/α-hetero) is 1. The zero-order valence-electron chi connectivity index (χ0n) is 7.20. The minimum absolute atomic E-state index is 0.0366. The van der Waals surface area contributed by atoms with Crippen LogP contribution >= 0.6 is 15.9 Å². The molecule has 0 radical (unpaired) electrons. The number of hydrogen-bond donors (Lipinski definition) is 2. The molecule has 0 saturated heterocycles. The lowest BCUT2D eigenvalue weighted by Crippen LogP contribution is -2.12. The number of carboxylic acids is 1. The summed E-state index contributed by atoms with van der Waals surface area (Å²) in [5, 5.41) is 11.1. The number of amides is 1. The third-order valence-electron chi connectivity index (χ3n) is 2.03. The number of fused-ring (bicyclic) bond motifs is 1. The average molecular weight is 270 g/mol. The van der Waals surface area contributed by atoms with Crippen molar-refractivity contribution in [2.45, 2.75) is 0 Å². The molecule has 0 saturated carbocycles. The van der Waals surface area contributed by atoms with E-state index in [1.807, 2.05) is 0 Å². The van der Waals surface area contributed by atoms with Gasteiger partial charge in [-0.05, 0) is 28.1 Å². The van der Waals surface area contributed by atoms with Crippen molar-refractivity contribution in [2.24, 2.45) is 0 Å². The van der Waals surface area contributed by atoms with E-state index in [4.69, 9.17) is 5.11 Å². The van der Waals surface area contributed by atoms with Crippen LogP contribution in [0.3, 0.4) is 0 Å². The molecular formula is C9H4BrNO4. The number of halogens is 1. The fourth-order valence-electron chi connectivity index (χ4n) is 1.33. The lowest BCUT2D eigenvalue weighted by atomic mass is 10.1. The molecule has 1 aliphatic rings. The molecule has 1 aliphatic heterocycles. The summed E-state index contributed by atoms with van der Waals surface area (Å²) >= 11 is 3.09. The molecule has 2 rings (SSSR count). The third kappa shape index (κ3) is 1.42. The van der Waals surface area contributed by atoms with Gasteiger partial charge >= 0.3 is 5.97 Å². The Kier molecular flexibility index (Phi) is 2.08. The van der Waals surface area contributed by atoms with Crippen LogP contribution in [-0.4, -0.2) is 22.8 Å². The van der Waals surface area contributed by atoms with E-state index >= 15 is 0 Å². The van der Waals surface area contributed by atoms with Gasteiger partial charge in [-0.15, -0.1) is 0 Å². The van der Waals surface area contributed by atoms with Gasteiger partial charge in [0.15, 0.2) is 0 Å². The molecule has 2 N–H and O–H groups in total. The topological polar surface area (TPSA) is 83.5 Å². The van der Waals surface area contributed by atoms with Gasteiger partial charge in [0, 0.05) is 4.47 Å². The van der Waals surface area contributed by atoms with Crippen LogP contribution in [0.25, 0.3) is 0 Å². The Labute approximate surface area is 92.2 Å². The standard InChI is InChI=1S/C9H4BrNO4/c10-5-2-3(9(14)15)1-4-6(5)11-8(13)7(4)12/h1-2H,(H,14,15)(H,11,12,13). The minimum Gasteiger partial charge on any atom is -0.478 e. The zero-order chi connectivity index (χ0) is 11.2. The summed E-state index contributed by atoms with van der Waals surface area (Å²) in [6.07, 6.45) is 0. The second kappa shape index (κ2) is 3.16. The van der Waals surface area contributed by atoms with Crippen molar-refractivity contribution in [1.29, 1.82) is 0 Å². The van der Waals surface area contributed by atoms with Gasteiger partial charge in [0.1, 0.15) is 0 Å². The van der Waals surface area contributed by atoms with Crippen molar-refractivity contribution >= 4 is 39.3 Å². The Bertz CT molecular complexity index is 509. The second-order valence-electron chi connectivity index (χ2n) is 2.97. The molecule has 0 spiro atoms. The highest BCUT2D eigenvalue weighted by Gasteiger charge is 2.30. The van der Waals surface area contributed by atoms with Gasteiger partial charge in [-0.1, -0.05) is 0 Å². The van der Waals surface area contributed by atoms with E-state index in [9.17, 15) is 14.4 Å². The molecule has 1 aromatic carbocycles. The molecule has 1 heterocycles. The number of nitrogens with one attached hydrogen (secondary N) is 1. The van der Waals surface area contributed by atoms with Gasteiger partial charge in [-0.3, -0.25) is 9.59 Å². The number of anilines is 1. The molecule has 6 heteroatoms. The number of aromatic carboxylic acids is 1. The summed E-state index contributed by atoms with van der Waals surface area (Å²) in [5.41, 5.74) is 0.382. The molecule has 0 unspecified atom stereocenters. The molecule has 0 aliphatic carbocycles. The van der Waals surface area contributed by atoms with Crippen LogP contribution in [0.15, 0.2) is 16.6 Å². The van der Waals surface area contributed by atoms with E-state index in [2.05, 4.69) is 21.2 Å². The second-order valence-corrected chi connectivity index (χ2v) is 3.82. The lowest BCUT2D eigenvalue weighted by molar-refractivity contribution is -0.112. The molecule has 76 valence electrons. The van der Waals surface area contributed by atoms with E-state index in [0.29, 0.717) is 10.2 Å². The first-order valence-electron chi connectivity index (χ1n) is 3.93. The summed E-state index contributed by atoms with van der Waals surface area (Å²) in [7, 11) is 0. The van der Waals surface area contributed by atoms with Gasteiger partial charge in [-0.2, -0.15) is 0 Å². The van der Waals surface area contributed by atoms with Crippen LogP contribution in [0.1, 0.15) is 20.7 Å². The monoisotopic (exact) mass is 269 g/mol. The molecule has 0 bridgehead atoms. The molecule has 1 amide bonds. The highest BCUT2D eigenvalue weighted by molar-refractivity contribution is 9.10. The van der Waals surface area contributed by atoms with Crippen LogP contribution in [0, 0.1) is 0 Å². The van der Waals surface area contributed by atoms with E-state index in [-0.39, 0.29) is 11.1 Å². The van der Waals surface area contributed by atoms with Crippen molar-refractivity contribution in [3.63, 3.8) is 0 Å². The van der Waals surface area contributed by atoms with Crippen molar-refractivity contribution in [1.82, 2.24) is 0 Å². The summed E-state index contributed by atoms with van der Waals surface area (Å²) in [6.45, 7) is 0. The maximum Gasteiger partial charge on any atom is 0.335 e. The van der Waals surface area contributed by atoms with Gasteiger partial charge in [0.2, 0.25) is 0 Å². The van der Waals surface area contributed by atoms with Gasteiger partial charge < -0.3 is 10.4 Å². The van der Waals surface area contributed by atoms with Gasteiger partial charge in [0.05, 0.1) is 16.8 Å². The van der Waals surface area contributed by atoms with E-state index < -0.39 is 17.7 Å². The molecule has 0 atom stereocenters. The predicted molar refractivity (Wildman–Crippen MR) is 54.1 cm³/mol. The third-order valence-corrected chi connectivity index (χ3v) is 2.65. The molecule has 0 aromatic heterocycles. The normalized spacial score (nSPS) is 13.7. The average Bonchev–Trinajstić information content (AvgIpc) is 2.45. The quantitative estimate of drug-likeness (QED) is 0.753. The largest absolute Gasteiger partial charge is 0.478 e. The highest BCUT2D eigenvalue weighted by Crippen LogP contribution is 2.32. The summed E-state index contributed by atoms with van der Waals surface area (Å²) in [5.74, 6) is -2.60. The number of hydrogen-bond acceptors (Lipinski definition) is 3. The summed E-state index contributed by atoms with van der Waals surface area (Å²) in [4.78, 5) is 33.0. The number of rotatable bonds is 1. The maximum atomic E-state index is 11.3. The minimum atomic E-state index is -1.15. The van der Waals surface area contributed by atoms with Crippen LogP contribution in [-0.2, 0) is 4.79 Å². The molecular weight excluding hydrogens is 266 g/mol. The number of carboxylic acid groups (broad SMARTS) is 1. The zero-order valence-corrected chi connectivity index (χ0v) is 8.79. The maximum absolute atomic E-state index is 11.3. The lowest BCUT2D eigenvalue weighted by Gasteiger charge is -2.02. The Balaban J connectivity index is 2.67. The van der Waals surface area contributed by atoms with Crippen molar-refractivity contribution in [3.8, 4) is 0 Å². The fourth-order valence-corrected chi connectivity index (χ4v) is 1.89. The predicted octanol–water partition coefficient (Wildman–Crippen LogP) is 1.28. The smallest absolute Gasteiger partial charge is 0.335 e. The fraction of sp³-hybridized carbons (Fsp3) is 0. The van der Waals surface area contributed by atoms with Gasteiger partial charge in [-0.25, -0.2) is 4.79 Å². The molecule has 5 nitrogen and oxygen atoms in total. The van der Waals surface area contributed by atoms with Crippen molar-refractivity contribution < 1.29 is 19.5 Å². The molecule has 0 fully saturated rings. The first kappa shape index (κ1) is 9.85. The molecule has 15 heavy (non-hydrogen) atoms. The SMILES string of the molecule is O=C1Nc2c(Br)cc(C(=O)O)cc2C1=O. The van der Waals surface area contributed by atoms with E-state index in [1.54, 1.807) is 0 Å². The Morgan fingerprint density at radius 3 is 2.60 bits per heavy atom. The first-order valence-corrected chi connectivity index (χ1v) is 4.72.